The van der Waals surface area contributed by atoms with Crippen molar-refractivity contribution in [2.45, 2.75) is 37.3 Å². The minimum Gasteiger partial charge on any atom is -0.372 e. The van der Waals surface area contributed by atoms with E-state index >= 15 is 0 Å². The molecule has 3 aromatic rings. The average Bonchev–Trinajstić information content (AvgIpc) is 3.10. The lowest BCUT2D eigenvalue weighted by molar-refractivity contribution is -0.132. The first-order valence-electron chi connectivity index (χ1n) is 11.9. The number of pyridine rings is 1. The van der Waals surface area contributed by atoms with Gasteiger partial charge in [-0.25, -0.2) is 13.8 Å². The van der Waals surface area contributed by atoms with E-state index in [1.165, 1.54) is 11.1 Å². The molecule has 0 saturated heterocycles. The number of benzene rings is 2. The number of carbonyl (C=O) groups excluding carboxylic acids is 2. The number of nitrogens with zero attached hydrogens (tertiary/aromatic N) is 2. The molecule has 1 atom stereocenters. The van der Waals surface area contributed by atoms with Gasteiger partial charge in [0.25, 0.3) is 11.8 Å². The normalized spacial score (nSPS) is 23.2. The van der Waals surface area contributed by atoms with Crippen LogP contribution < -0.4 is 10.2 Å². The number of anilines is 1. The number of para-hydroxylation sites is 1. The Kier molecular flexibility index (Phi) is 7.04. The van der Waals surface area contributed by atoms with Gasteiger partial charge in [-0.05, 0) is 77.9 Å². The molecule has 1 aromatic heterocycles. The largest absolute Gasteiger partial charge is 0.372 e. The average molecular weight is 591 g/mol. The van der Waals surface area contributed by atoms with E-state index in [9.17, 15) is 23.5 Å². The second-order valence-electron chi connectivity index (χ2n) is 9.45. The second kappa shape index (κ2) is 10.1. The van der Waals surface area contributed by atoms with Gasteiger partial charge in [-0.3, -0.25) is 9.59 Å². The maximum absolute atomic E-state index is 14.7. The number of rotatable bonds is 5. The molecule has 37 heavy (non-hydrogen) atoms. The van der Waals surface area contributed by atoms with Gasteiger partial charge in [0.15, 0.2) is 5.60 Å². The zero-order valence-corrected chi connectivity index (χ0v) is 21.9. The highest BCUT2D eigenvalue weighted by Crippen LogP contribution is 2.46. The molecule has 0 bridgehead atoms. The zero-order chi connectivity index (χ0) is 26.3. The van der Waals surface area contributed by atoms with Crippen molar-refractivity contribution < 1.29 is 23.5 Å². The summed E-state index contributed by atoms with van der Waals surface area (Å²) in [5.74, 6) is -2.46. The number of hydrogen-bond acceptors (Lipinski definition) is 4. The van der Waals surface area contributed by atoms with Crippen LogP contribution in [0.5, 0.6) is 0 Å². The SMILES string of the molecule is O=C(NC1CCC(CN2C(=O)C(O)(c3cc(F)ccc3F)c3ccccc32)CC1)c1cc(Cl)cnc1Br. The fourth-order valence-electron chi connectivity index (χ4n) is 5.24. The van der Waals surface area contributed by atoms with Gasteiger partial charge in [0.2, 0.25) is 0 Å². The van der Waals surface area contributed by atoms with Gasteiger partial charge in [0.05, 0.1) is 16.3 Å². The first-order valence-corrected chi connectivity index (χ1v) is 13.1. The lowest BCUT2D eigenvalue weighted by Crippen LogP contribution is -2.45. The van der Waals surface area contributed by atoms with Crippen LogP contribution in [0.1, 0.15) is 47.2 Å². The van der Waals surface area contributed by atoms with E-state index in [2.05, 4.69) is 26.2 Å². The van der Waals surface area contributed by atoms with Crippen LogP contribution in [-0.2, 0) is 10.4 Å². The van der Waals surface area contributed by atoms with Gasteiger partial charge in [-0.15, -0.1) is 0 Å². The van der Waals surface area contributed by atoms with Crippen molar-refractivity contribution in [3.05, 3.63) is 92.7 Å². The van der Waals surface area contributed by atoms with E-state index in [0.29, 0.717) is 40.3 Å². The zero-order valence-electron chi connectivity index (χ0n) is 19.6. The highest BCUT2D eigenvalue weighted by atomic mass is 79.9. The number of amides is 2. The Labute approximate surface area is 225 Å². The van der Waals surface area contributed by atoms with E-state index in [1.807, 2.05) is 0 Å². The van der Waals surface area contributed by atoms with Crippen molar-refractivity contribution in [2.75, 3.05) is 11.4 Å². The van der Waals surface area contributed by atoms with Crippen LogP contribution in [-0.4, -0.2) is 34.5 Å². The number of carbonyl (C=O) groups is 2. The fourth-order valence-corrected chi connectivity index (χ4v) is 5.80. The van der Waals surface area contributed by atoms with Gasteiger partial charge in [0.1, 0.15) is 16.2 Å². The molecular formula is C27H23BrClF2N3O3. The number of nitrogens with one attached hydrogen (secondary N) is 1. The lowest BCUT2D eigenvalue weighted by Gasteiger charge is -2.32. The van der Waals surface area contributed by atoms with Crippen LogP contribution in [0.3, 0.4) is 0 Å². The summed E-state index contributed by atoms with van der Waals surface area (Å²) in [5.41, 5.74) is -1.65. The molecule has 1 unspecified atom stereocenters. The summed E-state index contributed by atoms with van der Waals surface area (Å²) in [7, 11) is 0. The molecule has 0 radical (unpaired) electrons. The predicted octanol–water partition coefficient (Wildman–Crippen LogP) is 5.35. The highest BCUT2D eigenvalue weighted by molar-refractivity contribution is 9.10. The van der Waals surface area contributed by atoms with Crippen LogP contribution in [0.2, 0.25) is 5.02 Å². The van der Waals surface area contributed by atoms with Gasteiger partial charge in [-0.2, -0.15) is 0 Å². The Balaban J connectivity index is 1.29. The second-order valence-corrected chi connectivity index (χ2v) is 10.6. The summed E-state index contributed by atoms with van der Waals surface area (Å²) in [4.78, 5) is 31.8. The molecule has 1 saturated carbocycles. The van der Waals surface area contributed by atoms with Gasteiger partial charge in [0, 0.05) is 29.9 Å². The van der Waals surface area contributed by atoms with E-state index in [4.69, 9.17) is 11.6 Å². The molecule has 1 aliphatic heterocycles. The Morgan fingerprint density at radius 3 is 2.62 bits per heavy atom. The maximum Gasteiger partial charge on any atom is 0.268 e. The molecule has 0 spiro atoms. The Morgan fingerprint density at radius 1 is 1.14 bits per heavy atom. The van der Waals surface area contributed by atoms with E-state index in [-0.39, 0.29) is 23.4 Å². The van der Waals surface area contributed by atoms with Crippen molar-refractivity contribution in [2.24, 2.45) is 5.92 Å². The van der Waals surface area contributed by atoms with Crippen LogP contribution >= 0.6 is 27.5 Å². The molecule has 1 aliphatic carbocycles. The number of halogens is 4. The third kappa shape index (κ3) is 4.76. The first kappa shape index (κ1) is 25.8. The van der Waals surface area contributed by atoms with Crippen molar-refractivity contribution in [1.82, 2.24) is 10.3 Å². The first-order chi connectivity index (χ1) is 17.7. The molecular weight excluding hydrogens is 568 g/mol. The molecule has 1 fully saturated rings. The molecule has 5 rings (SSSR count). The standard InChI is InChI=1S/C27H23BrClF2N3O3/c28-24-19(11-16(29)13-32-24)25(35)33-18-8-5-15(6-9-18)14-34-23-4-2-1-3-20(23)27(37,26(34)36)21-12-17(30)7-10-22(21)31/h1-4,7,10-13,15,18,37H,5-6,8-9,14H2,(H,33,35). The molecule has 2 heterocycles. The van der Waals surface area contributed by atoms with Gasteiger partial charge in [-0.1, -0.05) is 29.8 Å². The summed E-state index contributed by atoms with van der Waals surface area (Å²) in [6, 6.07) is 10.9. The number of aromatic nitrogens is 1. The quantitative estimate of drug-likeness (QED) is 0.393. The molecule has 2 amide bonds. The van der Waals surface area contributed by atoms with E-state index in [0.717, 1.165) is 31.0 Å². The smallest absolute Gasteiger partial charge is 0.268 e. The summed E-state index contributed by atoms with van der Waals surface area (Å²) >= 11 is 9.25. The number of fused-ring (bicyclic) bond motifs is 1. The predicted molar refractivity (Wildman–Crippen MR) is 138 cm³/mol. The van der Waals surface area contributed by atoms with E-state index in [1.54, 1.807) is 30.3 Å². The van der Waals surface area contributed by atoms with Crippen LogP contribution in [0.4, 0.5) is 14.5 Å². The molecule has 6 nitrogen and oxygen atoms in total. The lowest BCUT2D eigenvalue weighted by atomic mass is 9.85. The minimum absolute atomic E-state index is 0.0467. The monoisotopic (exact) mass is 589 g/mol. The Morgan fingerprint density at radius 2 is 1.86 bits per heavy atom. The highest BCUT2D eigenvalue weighted by Gasteiger charge is 2.52. The van der Waals surface area contributed by atoms with Crippen LogP contribution in [0, 0.1) is 17.6 Å². The van der Waals surface area contributed by atoms with Crippen molar-refractivity contribution in [3.8, 4) is 0 Å². The third-order valence-electron chi connectivity index (χ3n) is 7.13. The topological polar surface area (TPSA) is 82.5 Å². The third-order valence-corrected chi connectivity index (χ3v) is 7.97. The van der Waals surface area contributed by atoms with E-state index < -0.39 is 28.7 Å². The number of hydrogen-bond donors (Lipinski definition) is 2. The molecule has 2 aromatic carbocycles. The van der Waals surface area contributed by atoms with Gasteiger partial charge >= 0.3 is 0 Å². The van der Waals surface area contributed by atoms with Crippen LogP contribution in [0.25, 0.3) is 0 Å². The van der Waals surface area contributed by atoms with Crippen molar-refractivity contribution in [3.63, 3.8) is 0 Å². The summed E-state index contributed by atoms with van der Waals surface area (Å²) in [6.07, 6.45) is 4.33. The minimum atomic E-state index is -2.31. The van der Waals surface area contributed by atoms with Crippen LogP contribution in [0.15, 0.2) is 59.3 Å². The maximum atomic E-state index is 14.7. The van der Waals surface area contributed by atoms with Crippen molar-refractivity contribution in [1.29, 1.82) is 0 Å². The summed E-state index contributed by atoms with van der Waals surface area (Å²) in [5, 5.41) is 14.9. The Bertz CT molecular complexity index is 1380. The summed E-state index contributed by atoms with van der Waals surface area (Å²) in [6.45, 7) is 0.319. The molecule has 10 heteroatoms. The molecule has 2 N–H and O–H groups in total. The molecule has 2 aliphatic rings. The van der Waals surface area contributed by atoms with Crippen molar-refractivity contribution >= 4 is 45.0 Å². The number of aliphatic hydroxyl groups is 1. The fraction of sp³-hybridized carbons (Fsp3) is 0.296. The molecule has 192 valence electrons. The Hall–Kier alpha value is -2.88. The summed E-state index contributed by atoms with van der Waals surface area (Å²) < 4.78 is 29.1. The van der Waals surface area contributed by atoms with Gasteiger partial charge < -0.3 is 15.3 Å².